The minimum Gasteiger partial charge on any atom is -0.481 e. The molecule has 108 valence electrons. The monoisotopic (exact) mass is 283 g/mol. The first-order valence-corrected chi connectivity index (χ1v) is 5.21. The zero-order valence-electron chi connectivity index (χ0n) is 9.66. The summed E-state index contributed by atoms with van der Waals surface area (Å²) in [5, 5.41) is 10.8. The number of carboxylic acids is 1. The van der Waals surface area contributed by atoms with Gasteiger partial charge in [-0.05, 0) is 6.42 Å². The molecular weight excluding hydrogens is 271 g/mol. The first kappa shape index (κ1) is 15.1. The molecule has 7 nitrogen and oxygen atoms in total. The third kappa shape index (κ3) is 2.88. The van der Waals surface area contributed by atoms with Crippen molar-refractivity contribution >= 4 is 17.9 Å². The molecule has 0 aromatic heterocycles. The standard InChI is InChI=1S/C9H12F3N3O4/c10-9(11,12)8(6(17)18)1-2-15(4-8)7(19)14-3-5(13)16/h1-4H2,(H2,13,16)(H,14,19)(H,17,18). The van der Waals surface area contributed by atoms with Crippen LogP contribution in [0.15, 0.2) is 0 Å². The van der Waals surface area contributed by atoms with Crippen LogP contribution in [0.1, 0.15) is 6.42 Å². The summed E-state index contributed by atoms with van der Waals surface area (Å²) < 4.78 is 38.4. The van der Waals surface area contributed by atoms with Gasteiger partial charge in [0.05, 0.1) is 6.54 Å². The Kier molecular flexibility index (Phi) is 3.91. The van der Waals surface area contributed by atoms with E-state index in [1.165, 1.54) is 0 Å². The second-order valence-electron chi connectivity index (χ2n) is 4.18. The fourth-order valence-corrected chi connectivity index (χ4v) is 1.78. The zero-order valence-corrected chi connectivity index (χ0v) is 9.66. The average molecular weight is 283 g/mol. The number of nitrogens with two attached hydrogens (primary N) is 1. The molecule has 10 heteroatoms. The van der Waals surface area contributed by atoms with Crippen molar-refractivity contribution < 1.29 is 32.7 Å². The number of amides is 3. The van der Waals surface area contributed by atoms with E-state index in [4.69, 9.17) is 10.8 Å². The fraction of sp³-hybridized carbons (Fsp3) is 0.667. The Morgan fingerprint density at radius 3 is 2.32 bits per heavy atom. The number of likely N-dealkylation sites (tertiary alicyclic amines) is 1. The summed E-state index contributed by atoms with van der Waals surface area (Å²) in [6.45, 7) is -1.88. The normalized spacial score (nSPS) is 23.2. The SMILES string of the molecule is NC(=O)CNC(=O)N1CCC(C(=O)O)(C(F)(F)F)C1. The number of hydrogen-bond donors (Lipinski definition) is 3. The number of alkyl halides is 3. The maximum Gasteiger partial charge on any atom is 0.406 e. The number of nitrogens with one attached hydrogen (secondary N) is 1. The fourth-order valence-electron chi connectivity index (χ4n) is 1.78. The number of halogens is 3. The van der Waals surface area contributed by atoms with Gasteiger partial charge >= 0.3 is 18.2 Å². The van der Waals surface area contributed by atoms with Crippen molar-refractivity contribution in [3.05, 3.63) is 0 Å². The van der Waals surface area contributed by atoms with Crippen LogP contribution in [0.3, 0.4) is 0 Å². The molecule has 19 heavy (non-hydrogen) atoms. The number of nitrogens with zero attached hydrogens (tertiary/aromatic N) is 1. The van der Waals surface area contributed by atoms with Gasteiger partial charge in [-0.1, -0.05) is 0 Å². The molecule has 3 amide bonds. The quantitative estimate of drug-likeness (QED) is 0.649. The number of carbonyl (C=O) groups excluding carboxylic acids is 2. The maximum atomic E-state index is 12.8. The summed E-state index contributed by atoms with van der Waals surface area (Å²) in [4.78, 5) is 33.4. The van der Waals surface area contributed by atoms with Gasteiger partial charge in [-0.15, -0.1) is 0 Å². The van der Waals surface area contributed by atoms with Gasteiger partial charge in [-0.25, -0.2) is 4.79 Å². The van der Waals surface area contributed by atoms with E-state index in [-0.39, 0.29) is 6.54 Å². The molecular formula is C9H12F3N3O4. The van der Waals surface area contributed by atoms with Crippen molar-refractivity contribution in [2.24, 2.45) is 11.1 Å². The first-order valence-electron chi connectivity index (χ1n) is 5.21. The van der Waals surface area contributed by atoms with Crippen LogP contribution in [0.4, 0.5) is 18.0 Å². The highest BCUT2D eigenvalue weighted by atomic mass is 19.4. The van der Waals surface area contributed by atoms with Crippen molar-refractivity contribution in [3.63, 3.8) is 0 Å². The summed E-state index contributed by atoms with van der Waals surface area (Å²) in [6.07, 6.45) is -5.69. The molecule has 0 aromatic carbocycles. The third-order valence-corrected chi connectivity index (χ3v) is 2.92. The lowest BCUT2D eigenvalue weighted by Gasteiger charge is -2.27. The Morgan fingerprint density at radius 1 is 1.37 bits per heavy atom. The number of rotatable bonds is 3. The predicted octanol–water partition coefficient (Wildman–Crippen LogP) is -0.480. The molecule has 0 radical (unpaired) electrons. The largest absolute Gasteiger partial charge is 0.481 e. The van der Waals surface area contributed by atoms with Crippen LogP contribution < -0.4 is 11.1 Å². The Balaban J connectivity index is 2.78. The minimum absolute atomic E-state index is 0.365. The number of carbonyl (C=O) groups is 3. The van der Waals surface area contributed by atoms with Crippen molar-refractivity contribution in [2.45, 2.75) is 12.6 Å². The highest BCUT2D eigenvalue weighted by molar-refractivity contribution is 5.84. The lowest BCUT2D eigenvalue weighted by Crippen LogP contribution is -2.49. The van der Waals surface area contributed by atoms with Crippen molar-refractivity contribution in [2.75, 3.05) is 19.6 Å². The van der Waals surface area contributed by atoms with E-state index in [1.807, 2.05) is 5.32 Å². The highest BCUT2D eigenvalue weighted by Gasteiger charge is 2.64. The number of carboxylic acid groups (broad SMARTS) is 1. The molecule has 0 spiro atoms. The van der Waals surface area contributed by atoms with E-state index in [0.717, 1.165) is 0 Å². The van der Waals surface area contributed by atoms with E-state index in [1.54, 1.807) is 0 Å². The topological polar surface area (TPSA) is 113 Å². The first-order chi connectivity index (χ1) is 8.60. The second-order valence-corrected chi connectivity index (χ2v) is 4.18. The molecule has 1 fully saturated rings. The van der Waals surface area contributed by atoms with Crippen molar-refractivity contribution in [3.8, 4) is 0 Å². The number of hydrogen-bond acceptors (Lipinski definition) is 3. The number of urea groups is 1. The molecule has 1 heterocycles. The molecule has 1 aliphatic rings. The van der Waals surface area contributed by atoms with Crippen molar-refractivity contribution in [1.29, 1.82) is 0 Å². The molecule has 0 saturated carbocycles. The van der Waals surface area contributed by atoms with E-state index in [0.29, 0.717) is 4.90 Å². The average Bonchev–Trinajstić information content (AvgIpc) is 2.71. The molecule has 1 atom stereocenters. The maximum absolute atomic E-state index is 12.8. The molecule has 0 bridgehead atoms. The van der Waals surface area contributed by atoms with Gasteiger partial charge in [0.25, 0.3) is 0 Å². The lowest BCUT2D eigenvalue weighted by molar-refractivity contribution is -0.227. The van der Waals surface area contributed by atoms with Crippen LogP contribution in [-0.4, -0.2) is 53.7 Å². The van der Waals surface area contributed by atoms with Gasteiger partial charge < -0.3 is 21.1 Å². The number of primary amides is 1. The summed E-state index contributed by atoms with van der Waals surface area (Å²) in [7, 11) is 0. The van der Waals surface area contributed by atoms with Crippen LogP contribution in [0.5, 0.6) is 0 Å². The summed E-state index contributed by atoms with van der Waals surface area (Å²) in [5.41, 5.74) is 1.80. The van der Waals surface area contributed by atoms with Crippen LogP contribution in [0.2, 0.25) is 0 Å². The van der Waals surface area contributed by atoms with E-state index in [9.17, 15) is 27.6 Å². The Labute approximate surface area is 105 Å². The predicted molar refractivity (Wildman–Crippen MR) is 54.9 cm³/mol. The Morgan fingerprint density at radius 2 is 1.95 bits per heavy atom. The number of aliphatic carboxylic acids is 1. The molecule has 0 aromatic rings. The summed E-state index contributed by atoms with van der Waals surface area (Å²) in [6, 6.07) is -0.953. The minimum atomic E-state index is -4.96. The van der Waals surface area contributed by atoms with Crippen molar-refractivity contribution in [1.82, 2.24) is 10.2 Å². The molecule has 1 aliphatic heterocycles. The molecule has 1 saturated heterocycles. The van der Waals surface area contributed by atoms with E-state index < -0.39 is 49.0 Å². The molecule has 1 unspecified atom stereocenters. The Bertz CT molecular complexity index is 412. The zero-order chi connectivity index (χ0) is 14.8. The Hall–Kier alpha value is -2.00. The summed E-state index contributed by atoms with van der Waals surface area (Å²) >= 11 is 0. The van der Waals surface area contributed by atoms with Gasteiger partial charge in [0, 0.05) is 13.1 Å². The highest BCUT2D eigenvalue weighted by Crippen LogP contribution is 2.45. The summed E-state index contributed by atoms with van der Waals surface area (Å²) in [5.74, 6) is -2.88. The molecule has 0 aliphatic carbocycles. The van der Waals surface area contributed by atoms with Crippen LogP contribution in [-0.2, 0) is 9.59 Å². The van der Waals surface area contributed by atoms with Crippen LogP contribution in [0.25, 0.3) is 0 Å². The van der Waals surface area contributed by atoms with Gasteiger partial charge in [-0.2, -0.15) is 13.2 Å². The van der Waals surface area contributed by atoms with Gasteiger partial charge in [-0.3, -0.25) is 9.59 Å². The lowest BCUT2D eigenvalue weighted by atomic mass is 9.86. The molecule has 4 N–H and O–H groups in total. The van der Waals surface area contributed by atoms with Gasteiger partial charge in [0.2, 0.25) is 5.91 Å². The van der Waals surface area contributed by atoms with Crippen LogP contribution in [0, 0.1) is 5.41 Å². The van der Waals surface area contributed by atoms with E-state index in [2.05, 4.69) is 0 Å². The third-order valence-electron chi connectivity index (χ3n) is 2.92. The second kappa shape index (κ2) is 4.94. The van der Waals surface area contributed by atoms with E-state index >= 15 is 0 Å². The molecule has 1 rings (SSSR count). The van der Waals surface area contributed by atoms with Gasteiger partial charge in [0.15, 0.2) is 5.41 Å². The van der Waals surface area contributed by atoms with Gasteiger partial charge in [0.1, 0.15) is 0 Å². The smallest absolute Gasteiger partial charge is 0.406 e. The van der Waals surface area contributed by atoms with Crippen LogP contribution >= 0.6 is 0 Å².